The Hall–Kier alpha value is -3.85. The Balaban J connectivity index is 1.52. The molecule has 0 radical (unpaired) electrons. The number of amides is 1. The smallest absolute Gasteiger partial charge is 0.252 e. The highest BCUT2D eigenvalue weighted by atomic mass is 16.5. The SMILES string of the molecule is CCCOc1ccccc1Nc1cc(Nc2ccc(N3CCN(C)CC3)cn2)ncc1C(N)=O. The molecule has 9 heteroatoms. The zero-order valence-electron chi connectivity index (χ0n) is 19.6. The Morgan fingerprint density at radius 1 is 1.00 bits per heavy atom. The number of nitrogens with zero attached hydrogens (tertiary/aromatic N) is 4. The van der Waals surface area contributed by atoms with Crippen molar-refractivity contribution in [2.75, 3.05) is 55.4 Å². The Labute approximate surface area is 199 Å². The molecule has 1 aromatic carbocycles. The van der Waals surface area contributed by atoms with E-state index in [0.29, 0.717) is 29.7 Å². The van der Waals surface area contributed by atoms with Crippen LogP contribution in [0, 0.1) is 0 Å². The van der Waals surface area contributed by atoms with Gasteiger partial charge in [0.15, 0.2) is 0 Å². The number of nitrogens with two attached hydrogens (primary N) is 1. The number of para-hydroxylation sites is 2. The van der Waals surface area contributed by atoms with E-state index in [2.05, 4.69) is 43.5 Å². The van der Waals surface area contributed by atoms with E-state index < -0.39 is 5.91 Å². The molecule has 3 aromatic rings. The van der Waals surface area contributed by atoms with Crippen molar-refractivity contribution in [3.8, 4) is 5.75 Å². The van der Waals surface area contributed by atoms with Crippen LogP contribution in [0.3, 0.4) is 0 Å². The third kappa shape index (κ3) is 5.74. The van der Waals surface area contributed by atoms with E-state index in [9.17, 15) is 4.79 Å². The van der Waals surface area contributed by atoms with Gasteiger partial charge in [-0.25, -0.2) is 9.97 Å². The Bertz CT molecular complexity index is 1110. The molecule has 178 valence electrons. The zero-order chi connectivity index (χ0) is 23.9. The lowest BCUT2D eigenvalue weighted by atomic mass is 10.2. The maximum Gasteiger partial charge on any atom is 0.252 e. The van der Waals surface area contributed by atoms with Crippen LogP contribution in [0.25, 0.3) is 0 Å². The molecule has 34 heavy (non-hydrogen) atoms. The number of ether oxygens (including phenoxy) is 1. The summed E-state index contributed by atoms with van der Waals surface area (Å²) in [6.07, 6.45) is 4.22. The number of pyridine rings is 2. The first-order valence-corrected chi connectivity index (χ1v) is 11.5. The van der Waals surface area contributed by atoms with E-state index in [1.807, 2.05) is 43.5 Å². The van der Waals surface area contributed by atoms with Crippen molar-refractivity contribution in [2.45, 2.75) is 13.3 Å². The highest BCUT2D eigenvalue weighted by Crippen LogP contribution is 2.30. The van der Waals surface area contributed by atoms with Crippen LogP contribution < -0.4 is 26.0 Å². The second-order valence-corrected chi connectivity index (χ2v) is 8.27. The predicted octanol–water partition coefficient (Wildman–Crippen LogP) is 3.60. The molecule has 0 unspecified atom stereocenters. The number of hydrogen-bond acceptors (Lipinski definition) is 8. The molecule has 0 spiro atoms. The van der Waals surface area contributed by atoms with Gasteiger partial charge in [0.05, 0.1) is 35.4 Å². The van der Waals surface area contributed by atoms with Crippen LogP contribution in [0.2, 0.25) is 0 Å². The molecule has 4 N–H and O–H groups in total. The largest absolute Gasteiger partial charge is 0.491 e. The van der Waals surface area contributed by atoms with Gasteiger partial charge >= 0.3 is 0 Å². The molecule has 4 rings (SSSR count). The van der Waals surface area contributed by atoms with Crippen LogP contribution in [0.15, 0.2) is 54.9 Å². The number of hydrogen-bond donors (Lipinski definition) is 3. The van der Waals surface area contributed by atoms with Crippen molar-refractivity contribution in [1.82, 2.24) is 14.9 Å². The number of benzene rings is 1. The Morgan fingerprint density at radius 2 is 1.76 bits per heavy atom. The van der Waals surface area contributed by atoms with Gasteiger partial charge in [-0.05, 0) is 37.7 Å². The summed E-state index contributed by atoms with van der Waals surface area (Å²) in [5.74, 6) is 1.34. The zero-order valence-corrected chi connectivity index (χ0v) is 19.6. The molecule has 2 aromatic heterocycles. The fraction of sp³-hybridized carbons (Fsp3) is 0.320. The molecule has 1 aliphatic heterocycles. The molecule has 1 amide bonds. The Morgan fingerprint density at radius 3 is 2.47 bits per heavy atom. The molecular weight excluding hydrogens is 430 g/mol. The monoisotopic (exact) mass is 461 g/mol. The summed E-state index contributed by atoms with van der Waals surface area (Å²) in [6.45, 7) is 6.70. The van der Waals surface area contributed by atoms with E-state index in [-0.39, 0.29) is 5.56 Å². The lowest BCUT2D eigenvalue weighted by molar-refractivity contribution is 0.100. The normalized spacial score (nSPS) is 14.0. The van der Waals surface area contributed by atoms with Gasteiger partial charge in [0, 0.05) is 38.4 Å². The predicted molar refractivity (Wildman–Crippen MR) is 135 cm³/mol. The molecule has 0 aliphatic carbocycles. The summed E-state index contributed by atoms with van der Waals surface area (Å²) >= 11 is 0. The van der Waals surface area contributed by atoms with Gasteiger partial charge in [-0.3, -0.25) is 4.79 Å². The first kappa shape index (κ1) is 23.3. The average molecular weight is 462 g/mol. The summed E-state index contributed by atoms with van der Waals surface area (Å²) in [5.41, 5.74) is 8.25. The van der Waals surface area contributed by atoms with Gasteiger partial charge in [0.2, 0.25) is 0 Å². The number of piperazine rings is 1. The van der Waals surface area contributed by atoms with Gasteiger partial charge in [0.25, 0.3) is 5.91 Å². The van der Waals surface area contributed by atoms with Crippen LogP contribution in [-0.4, -0.2) is 60.6 Å². The van der Waals surface area contributed by atoms with E-state index in [1.54, 1.807) is 6.07 Å². The standard InChI is InChI=1S/C25H31N7O2/c1-3-14-34-22-7-5-4-6-20(22)29-21-15-24(28-17-19(21)25(26)33)30-23-9-8-18(16-27-23)32-12-10-31(2)11-13-32/h4-9,15-17H,3,10-14H2,1-2H3,(H2,26,33)(H2,27,28,29,30). The number of carbonyl (C=O) groups excluding carboxylic acids is 1. The Kier molecular flexibility index (Phi) is 7.44. The molecule has 1 fully saturated rings. The van der Waals surface area contributed by atoms with Crippen LogP contribution in [-0.2, 0) is 0 Å². The van der Waals surface area contributed by atoms with Crippen molar-refractivity contribution in [3.05, 3.63) is 60.4 Å². The third-order valence-corrected chi connectivity index (χ3v) is 5.66. The lowest BCUT2D eigenvalue weighted by Gasteiger charge is -2.33. The summed E-state index contributed by atoms with van der Waals surface area (Å²) in [7, 11) is 2.14. The van der Waals surface area contributed by atoms with Crippen molar-refractivity contribution in [3.63, 3.8) is 0 Å². The molecule has 1 aliphatic rings. The van der Waals surface area contributed by atoms with E-state index in [1.165, 1.54) is 6.20 Å². The fourth-order valence-corrected chi connectivity index (χ4v) is 3.72. The summed E-state index contributed by atoms with van der Waals surface area (Å²) < 4.78 is 5.83. The molecule has 0 atom stereocenters. The maximum absolute atomic E-state index is 12.0. The highest BCUT2D eigenvalue weighted by Gasteiger charge is 2.15. The van der Waals surface area contributed by atoms with Crippen LogP contribution >= 0.6 is 0 Å². The first-order valence-electron chi connectivity index (χ1n) is 11.5. The molecule has 3 heterocycles. The van der Waals surface area contributed by atoms with E-state index in [4.69, 9.17) is 10.5 Å². The molecule has 1 saturated heterocycles. The van der Waals surface area contributed by atoms with Crippen molar-refractivity contribution in [2.24, 2.45) is 5.73 Å². The summed E-state index contributed by atoms with van der Waals surface area (Å²) in [4.78, 5) is 25.6. The van der Waals surface area contributed by atoms with E-state index in [0.717, 1.165) is 44.0 Å². The van der Waals surface area contributed by atoms with E-state index >= 15 is 0 Å². The fourth-order valence-electron chi connectivity index (χ4n) is 3.72. The van der Waals surface area contributed by atoms with Crippen LogP contribution in [0.4, 0.5) is 28.7 Å². The number of primary amides is 1. The maximum atomic E-state index is 12.0. The molecule has 0 saturated carbocycles. The number of nitrogens with one attached hydrogen (secondary N) is 2. The van der Waals surface area contributed by atoms with Crippen molar-refractivity contribution >= 4 is 34.6 Å². The summed E-state index contributed by atoms with van der Waals surface area (Å²) in [5, 5.41) is 6.49. The third-order valence-electron chi connectivity index (χ3n) is 5.66. The van der Waals surface area contributed by atoms with Crippen LogP contribution in [0.5, 0.6) is 5.75 Å². The minimum absolute atomic E-state index is 0.286. The number of aromatic nitrogens is 2. The minimum atomic E-state index is -0.567. The highest BCUT2D eigenvalue weighted by molar-refractivity contribution is 5.99. The molecular formula is C25H31N7O2. The average Bonchev–Trinajstić information content (AvgIpc) is 2.84. The number of rotatable bonds is 9. The molecule has 9 nitrogen and oxygen atoms in total. The summed E-state index contributed by atoms with van der Waals surface area (Å²) in [6, 6.07) is 13.3. The number of likely N-dealkylation sites (N-methyl/N-ethyl adjacent to an activating group) is 1. The van der Waals surface area contributed by atoms with Gasteiger partial charge in [-0.15, -0.1) is 0 Å². The van der Waals surface area contributed by atoms with Crippen LogP contribution in [0.1, 0.15) is 23.7 Å². The second kappa shape index (κ2) is 10.8. The van der Waals surface area contributed by atoms with Gasteiger partial charge in [-0.2, -0.15) is 0 Å². The van der Waals surface area contributed by atoms with Crippen molar-refractivity contribution in [1.29, 1.82) is 0 Å². The molecule has 0 bridgehead atoms. The topological polar surface area (TPSA) is 109 Å². The van der Waals surface area contributed by atoms with Crippen molar-refractivity contribution < 1.29 is 9.53 Å². The number of anilines is 5. The lowest BCUT2D eigenvalue weighted by Crippen LogP contribution is -2.44. The quantitative estimate of drug-likeness (QED) is 0.444. The number of carbonyl (C=O) groups is 1. The second-order valence-electron chi connectivity index (χ2n) is 8.27. The van der Waals surface area contributed by atoms with Gasteiger partial charge in [0.1, 0.15) is 17.4 Å². The minimum Gasteiger partial charge on any atom is -0.491 e. The van der Waals surface area contributed by atoms with Gasteiger partial charge < -0.3 is 30.9 Å². The van der Waals surface area contributed by atoms with Gasteiger partial charge in [-0.1, -0.05) is 19.1 Å². The first-order chi connectivity index (χ1) is 16.5.